The van der Waals surface area contributed by atoms with Crippen molar-refractivity contribution in [3.63, 3.8) is 0 Å². The van der Waals surface area contributed by atoms with Crippen LogP contribution >= 0.6 is 0 Å². The van der Waals surface area contributed by atoms with Gasteiger partial charge in [-0.05, 0) is 76.5 Å². The fraction of sp³-hybridized carbons (Fsp3) is 0.400. The van der Waals surface area contributed by atoms with E-state index in [1.807, 2.05) is 20.0 Å². The van der Waals surface area contributed by atoms with Gasteiger partial charge in [0.05, 0.1) is 5.69 Å². The number of H-pyrrole nitrogens is 1. The summed E-state index contributed by atoms with van der Waals surface area (Å²) in [5, 5.41) is 0. The maximum atomic E-state index is 4.57. The number of aryl methyl sites for hydroxylation is 2. The Morgan fingerprint density at radius 1 is 1.28 bits per heavy atom. The van der Waals surface area contributed by atoms with Crippen LogP contribution in [0, 0.1) is 13.8 Å². The van der Waals surface area contributed by atoms with Crippen molar-refractivity contribution >= 4 is 5.57 Å². The highest BCUT2D eigenvalue weighted by molar-refractivity contribution is 5.72. The van der Waals surface area contributed by atoms with E-state index in [1.165, 1.54) is 11.1 Å². The van der Waals surface area contributed by atoms with Gasteiger partial charge in [0.25, 0.3) is 0 Å². The number of aromatic amines is 1. The Hall–Kier alpha value is -2.40. The summed E-state index contributed by atoms with van der Waals surface area (Å²) in [5.74, 6) is 0.839. The summed E-state index contributed by atoms with van der Waals surface area (Å²) in [6, 6.07) is 4.20. The third-order valence-corrected chi connectivity index (χ3v) is 4.52. The number of pyridine rings is 1. The average molecular weight is 337 g/mol. The van der Waals surface area contributed by atoms with Crippen LogP contribution in [-0.2, 0) is 0 Å². The van der Waals surface area contributed by atoms with Gasteiger partial charge in [-0.1, -0.05) is 6.08 Å². The lowest BCUT2D eigenvalue weighted by atomic mass is 10.0. The monoisotopic (exact) mass is 337 g/mol. The predicted molar refractivity (Wildman–Crippen MR) is 103 cm³/mol. The predicted octanol–water partition coefficient (Wildman–Crippen LogP) is 3.25. The van der Waals surface area contributed by atoms with Gasteiger partial charge in [-0.2, -0.15) is 0 Å². The number of nitrogens with zero attached hydrogens (tertiary/aromatic N) is 4. The maximum absolute atomic E-state index is 4.57. The Morgan fingerprint density at radius 2 is 2.12 bits per heavy atom. The van der Waals surface area contributed by atoms with Gasteiger partial charge in [0, 0.05) is 25.0 Å². The second kappa shape index (κ2) is 7.66. The number of rotatable bonds is 6. The maximum Gasteiger partial charge on any atom is 0.156 e. The zero-order valence-electron chi connectivity index (χ0n) is 15.6. The fourth-order valence-corrected chi connectivity index (χ4v) is 2.96. The van der Waals surface area contributed by atoms with Crippen LogP contribution in [0.25, 0.3) is 17.1 Å². The molecule has 0 fully saturated rings. The Kier molecular flexibility index (Phi) is 5.34. The normalized spacial score (nSPS) is 14.3. The van der Waals surface area contributed by atoms with E-state index in [0.717, 1.165) is 49.0 Å². The molecule has 2 aromatic rings. The number of hydrogen-bond acceptors (Lipinski definition) is 4. The van der Waals surface area contributed by atoms with E-state index in [9.17, 15) is 0 Å². The number of hydrogen-bond donors (Lipinski definition) is 1. The average Bonchev–Trinajstić information content (AvgIpc) is 2.94. The van der Waals surface area contributed by atoms with E-state index in [4.69, 9.17) is 0 Å². The molecule has 2 aromatic heterocycles. The van der Waals surface area contributed by atoms with Gasteiger partial charge in [-0.15, -0.1) is 0 Å². The first-order chi connectivity index (χ1) is 12.0. The number of aromatic nitrogens is 3. The highest BCUT2D eigenvalue weighted by atomic mass is 15.1. The zero-order chi connectivity index (χ0) is 17.8. The van der Waals surface area contributed by atoms with Gasteiger partial charge in [-0.3, -0.25) is 4.98 Å². The van der Waals surface area contributed by atoms with Crippen LogP contribution in [0.3, 0.4) is 0 Å². The third kappa shape index (κ3) is 4.37. The van der Waals surface area contributed by atoms with Crippen LogP contribution in [0.5, 0.6) is 0 Å². The lowest BCUT2D eigenvalue weighted by Gasteiger charge is -2.25. The molecule has 0 radical (unpaired) electrons. The fourth-order valence-electron chi connectivity index (χ4n) is 2.96. The lowest BCUT2D eigenvalue weighted by molar-refractivity contribution is 0.345. The standard InChI is InChI=1S/C20H27N5/c1-15-16(2)23-20(22-15)19-13-17(8-9-21-19)18-7-5-11-25(14-18)12-6-10-24(3)4/h5,7-9,11,13H,6,10,12,14H2,1-4H3,(H,22,23). The van der Waals surface area contributed by atoms with Crippen LogP contribution in [-0.4, -0.2) is 58.5 Å². The van der Waals surface area contributed by atoms with Crippen LogP contribution < -0.4 is 0 Å². The summed E-state index contributed by atoms with van der Waals surface area (Å²) in [4.78, 5) is 17.0. The van der Waals surface area contributed by atoms with Gasteiger partial charge in [0.2, 0.25) is 0 Å². The summed E-state index contributed by atoms with van der Waals surface area (Å²) >= 11 is 0. The first-order valence-corrected chi connectivity index (χ1v) is 8.79. The summed E-state index contributed by atoms with van der Waals surface area (Å²) in [6.07, 6.45) is 9.54. The summed E-state index contributed by atoms with van der Waals surface area (Å²) in [5.41, 5.74) is 5.53. The lowest BCUT2D eigenvalue weighted by Crippen LogP contribution is -2.25. The van der Waals surface area contributed by atoms with Crippen molar-refractivity contribution in [3.05, 3.63) is 53.6 Å². The molecule has 0 aromatic carbocycles. The van der Waals surface area contributed by atoms with E-state index in [-0.39, 0.29) is 0 Å². The highest BCUT2D eigenvalue weighted by Gasteiger charge is 2.12. The molecule has 0 aliphatic carbocycles. The molecule has 1 N–H and O–H groups in total. The molecule has 0 unspecified atom stereocenters. The summed E-state index contributed by atoms with van der Waals surface area (Å²) < 4.78 is 0. The van der Waals surface area contributed by atoms with Crippen molar-refractivity contribution in [3.8, 4) is 11.5 Å². The Labute approximate surface area is 150 Å². The topological polar surface area (TPSA) is 48.1 Å². The number of imidazole rings is 1. The van der Waals surface area contributed by atoms with E-state index in [0.29, 0.717) is 0 Å². The van der Waals surface area contributed by atoms with E-state index < -0.39 is 0 Å². The van der Waals surface area contributed by atoms with Crippen molar-refractivity contribution in [2.24, 2.45) is 0 Å². The van der Waals surface area contributed by atoms with Crippen molar-refractivity contribution in [2.75, 3.05) is 33.7 Å². The van der Waals surface area contributed by atoms with Gasteiger partial charge in [0.15, 0.2) is 5.82 Å². The minimum atomic E-state index is 0.839. The van der Waals surface area contributed by atoms with Crippen LogP contribution in [0.1, 0.15) is 23.4 Å². The molecule has 5 heteroatoms. The minimum Gasteiger partial charge on any atom is -0.373 e. The molecule has 25 heavy (non-hydrogen) atoms. The second-order valence-corrected chi connectivity index (χ2v) is 6.89. The van der Waals surface area contributed by atoms with Gasteiger partial charge in [0.1, 0.15) is 5.69 Å². The van der Waals surface area contributed by atoms with Crippen molar-refractivity contribution < 1.29 is 0 Å². The molecule has 3 rings (SSSR count). The SMILES string of the molecule is Cc1nc(-c2cc(C3=CC=CN(CCCN(C)C)C3)ccn2)[nH]c1C. The van der Waals surface area contributed by atoms with Crippen molar-refractivity contribution in [1.82, 2.24) is 24.8 Å². The molecule has 0 saturated heterocycles. The summed E-state index contributed by atoms with van der Waals surface area (Å²) in [6.45, 7) is 7.17. The molecule has 0 spiro atoms. The first kappa shape index (κ1) is 17.4. The van der Waals surface area contributed by atoms with Crippen LogP contribution in [0.2, 0.25) is 0 Å². The van der Waals surface area contributed by atoms with E-state index in [1.54, 1.807) is 0 Å². The molecule has 1 aliphatic heterocycles. The number of allylic oxidation sites excluding steroid dienone is 2. The second-order valence-electron chi connectivity index (χ2n) is 6.89. The molecule has 0 saturated carbocycles. The Bertz CT molecular complexity index is 766. The molecular weight excluding hydrogens is 310 g/mol. The highest BCUT2D eigenvalue weighted by Crippen LogP contribution is 2.23. The molecule has 132 valence electrons. The molecule has 0 amide bonds. The van der Waals surface area contributed by atoms with Crippen molar-refractivity contribution in [2.45, 2.75) is 20.3 Å². The van der Waals surface area contributed by atoms with Crippen LogP contribution in [0.4, 0.5) is 0 Å². The smallest absolute Gasteiger partial charge is 0.156 e. The molecule has 1 aliphatic rings. The minimum absolute atomic E-state index is 0.839. The van der Waals surface area contributed by atoms with Crippen molar-refractivity contribution in [1.29, 1.82) is 0 Å². The molecule has 0 atom stereocenters. The molecule has 5 nitrogen and oxygen atoms in total. The third-order valence-electron chi connectivity index (χ3n) is 4.52. The van der Waals surface area contributed by atoms with Gasteiger partial charge >= 0.3 is 0 Å². The Morgan fingerprint density at radius 3 is 2.84 bits per heavy atom. The zero-order valence-corrected chi connectivity index (χ0v) is 15.6. The number of nitrogens with one attached hydrogen (secondary N) is 1. The van der Waals surface area contributed by atoms with Crippen LogP contribution in [0.15, 0.2) is 36.7 Å². The molecular formula is C20H27N5. The quantitative estimate of drug-likeness (QED) is 0.879. The molecule has 0 bridgehead atoms. The first-order valence-electron chi connectivity index (χ1n) is 8.79. The van der Waals surface area contributed by atoms with Gasteiger partial charge < -0.3 is 14.8 Å². The molecule has 3 heterocycles. The van der Waals surface area contributed by atoms with Gasteiger partial charge in [-0.25, -0.2) is 4.98 Å². The summed E-state index contributed by atoms with van der Waals surface area (Å²) in [7, 11) is 4.24. The Balaban J connectivity index is 1.72. The van der Waals surface area contributed by atoms with E-state index >= 15 is 0 Å². The van der Waals surface area contributed by atoms with E-state index in [2.05, 4.69) is 69.3 Å². The largest absolute Gasteiger partial charge is 0.373 e.